The number of halogens is 2. The molecular formula is C13H11BrClNOS. The minimum atomic E-state index is -0.176. The van der Waals surface area contributed by atoms with Crippen LogP contribution in [0.25, 0.3) is 0 Å². The van der Waals surface area contributed by atoms with Gasteiger partial charge in [0.1, 0.15) is 4.88 Å². The van der Waals surface area contributed by atoms with Crippen LogP contribution in [0.1, 0.15) is 20.8 Å². The van der Waals surface area contributed by atoms with Crippen molar-refractivity contribution in [1.82, 2.24) is 0 Å². The SMILES string of the molecule is Cc1csc(C(=O)Nc2cccc(C)c2Br)c1Cl. The van der Waals surface area contributed by atoms with Gasteiger partial charge in [0.25, 0.3) is 5.91 Å². The summed E-state index contributed by atoms with van der Waals surface area (Å²) < 4.78 is 0.891. The first-order valence-electron chi connectivity index (χ1n) is 5.30. The summed E-state index contributed by atoms with van der Waals surface area (Å²) in [4.78, 5) is 12.6. The van der Waals surface area contributed by atoms with Crippen LogP contribution in [0, 0.1) is 13.8 Å². The van der Waals surface area contributed by atoms with Crippen molar-refractivity contribution in [3.63, 3.8) is 0 Å². The molecular weight excluding hydrogens is 334 g/mol. The number of rotatable bonds is 2. The summed E-state index contributed by atoms with van der Waals surface area (Å²) >= 11 is 10.9. The van der Waals surface area contributed by atoms with Gasteiger partial charge >= 0.3 is 0 Å². The zero-order valence-electron chi connectivity index (χ0n) is 9.88. The van der Waals surface area contributed by atoms with Gasteiger partial charge in [0.05, 0.1) is 10.7 Å². The molecule has 0 aliphatic carbocycles. The summed E-state index contributed by atoms with van der Waals surface area (Å²) in [5.41, 5.74) is 2.75. The van der Waals surface area contributed by atoms with Crippen LogP contribution in [0.15, 0.2) is 28.1 Å². The van der Waals surface area contributed by atoms with Gasteiger partial charge in [-0.25, -0.2) is 0 Å². The van der Waals surface area contributed by atoms with E-state index in [4.69, 9.17) is 11.6 Å². The van der Waals surface area contributed by atoms with Crippen molar-refractivity contribution in [2.24, 2.45) is 0 Å². The van der Waals surface area contributed by atoms with Crippen LogP contribution in [0.2, 0.25) is 5.02 Å². The fourth-order valence-electron chi connectivity index (χ4n) is 1.51. The van der Waals surface area contributed by atoms with Gasteiger partial charge < -0.3 is 5.32 Å². The molecule has 0 atom stereocenters. The number of anilines is 1. The summed E-state index contributed by atoms with van der Waals surface area (Å²) in [6.45, 7) is 3.86. The Hall–Kier alpha value is -0.840. The molecule has 0 radical (unpaired) electrons. The van der Waals surface area contributed by atoms with Gasteiger partial charge in [0, 0.05) is 4.47 Å². The number of thiophene rings is 1. The molecule has 1 aromatic carbocycles. The maximum atomic E-state index is 12.1. The van der Waals surface area contributed by atoms with Gasteiger partial charge in [-0.1, -0.05) is 23.7 Å². The van der Waals surface area contributed by atoms with E-state index in [9.17, 15) is 4.79 Å². The lowest BCUT2D eigenvalue weighted by atomic mass is 10.2. The third kappa shape index (κ3) is 2.60. The molecule has 0 spiro atoms. The van der Waals surface area contributed by atoms with Crippen molar-refractivity contribution < 1.29 is 4.79 Å². The largest absolute Gasteiger partial charge is 0.320 e. The second kappa shape index (κ2) is 5.43. The van der Waals surface area contributed by atoms with Crippen LogP contribution in [0.5, 0.6) is 0 Å². The molecule has 94 valence electrons. The number of hydrogen-bond donors (Lipinski definition) is 1. The van der Waals surface area contributed by atoms with Crippen LogP contribution < -0.4 is 5.32 Å². The molecule has 0 bridgehead atoms. The first kappa shape index (κ1) is 13.6. The van der Waals surface area contributed by atoms with Gasteiger partial charge in [-0.3, -0.25) is 4.79 Å². The van der Waals surface area contributed by atoms with Gasteiger partial charge in [-0.15, -0.1) is 11.3 Å². The van der Waals surface area contributed by atoms with E-state index in [2.05, 4.69) is 21.2 Å². The van der Waals surface area contributed by atoms with E-state index in [1.54, 1.807) is 0 Å². The number of carbonyl (C=O) groups is 1. The zero-order chi connectivity index (χ0) is 13.3. The molecule has 0 fully saturated rings. The quantitative estimate of drug-likeness (QED) is 0.813. The van der Waals surface area contributed by atoms with Crippen molar-refractivity contribution in [2.45, 2.75) is 13.8 Å². The summed E-state index contributed by atoms with van der Waals surface area (Å²) in [7, 11) is 0. The molecule has 1 N–H and O–H groups in total. The molecule has 0 aliphatic rings. The highest BCUT2D eigenvalue weighted by molar-refractivity contribution is 9.10. The molecule has 1 amide bonds. The molecule has 1 aromatic heterocycles. The molecule has 2 aromatic rings. The van der Waals surface area contributed by atoms with Crippen molar-refractivity contribution >= 4 is 50.5 Å². The van der Waals surface area contributed by atoms with Crippen LogP contribution in [-0.4, -0.2) is 5.91 Å². The van der Waals surface area contributed by atoms with Crippen LogP contribution in [0.3, 0.4) is 0 Å². The van der Waals surface area contributed by atoms with E-state index in [-0.39, 0.29) is 5.91 Å². The fourth-order valence-corrected chi connectivity index (χ4v) is 3.04. The molecule has 2 rings (SSSR count). The predicted molar refractivity (Wildman–Crippen MR) is 80.9 cm³/mol. The minimum absolute atomic E-state index is 0.176. The number of benzene rings is 1. The highest BCUT2D eigenvalue weighted by Crippen LogP contribution is 2.30. The second-order valence-corrected chi connectivity index (χ2v) is 6.00. The maximum absolute atomic E-state index is 12.1. The Kier molecular flexibility index (Phi) is 4.10. The first-order valence-corrected chi connectivity index (χ1v) is 7.36. The van der Waals surface area contributed by atoms with E-state index < -0.39 is 0 Å². The molecule has 18 heavy (non-hydrogen) atoms. The first-order chi connectivity index (χ1) is 8.50. The van der Waals surface area contributed by atoms with Crippen molar-refractivity contribution in [2.75, 3.05) is 5.32 Å². The predicted octanol–water partition coefficient (Wildman–Crippen LogP) is 5.03. The van der Waals surface area contributed by atoms with Gasteiger partial charge in [-0.2, -0.15) is 0 Å². The number of amides is 1. The van der Waals surface area contributed by atoms with Crippen LogP contribution >= 0.6 is 38.9 Å². The van der Waals surface area contributed by atoms with Gasteiger partial charge in [0.15, 0.2) is 0 Å². The van der Waals surface area contributed by atoms with E-state index in [0.717, 1.165) is 21.3 Å². The highest BCUT2D eigenvalue weighted by atomic mass is 79.9. The van der Waals surface area contributed by atoms with Crippen molar-refractivity contribution in [3.05, 3.63) is 49.1 Å². The zero-order valence-corrected chi connectivity index (χ0v) is 13.0. The summed E-state index contributed by atoms with van der Waals surface area (Å²) in [6, 6.07) is 5.72. The average molecular weight is 345 g/mol. The number of aryl methyl sites for hydroxylation is 2. The van der Waals surface area contributed by atoms with E-state index in [1.807, 2.05) is 37.4 Å². The Balaban J connectivity index is 2.27. The summed E-state index contributed by atoms with van der Waals surface area (Å²) in [5, 5.41) is 5.27. The smallest absolute Gasteiger partial charge is 0.267 e. The van der Waals surface area contributed by atoms with Crippen molar-refractivity contribution in [1.29, 1.82) is 0 Å². The molecule has 0 saturated heterocycles. The second-order valence-electron chi connectivity index (χ2n) is 3.95. The van der Waals surface area contributed by atoms with E-state index in [0.29, 0.717) is 9.90 Å². The average Bonchev–Trinajstić information content (AvgIpc) is 2.66. The van der Waals surface area contributed by atoms with E-state index in [1.165, 1.54) is 11.3 Å². The summed E-state index contributed by atoms with van der Waals surface area (Å²) in [6.07, 6.45) is 0. The minimum Gasteiger partial charge on any atom is -0.320 e. The normalized spacial score (nSPS) is 10.4. The number of carbonyl (C=O) groups excluding carboxylic acids is 1. The van der Waals surface area contributed by atoms with Gasteiger partial charge in [0.2, 0.25) is 0 Å². The third-order valence-corrected chi connectivity index (χ3v) is 5.29. The van der Waals surface area contributed by atoms with Crippen LogP contribution in [-0.2, 0) is 0 Å². The number of hydrogen-bond acceptors (Lipinski definition) is 2. The van der Waals surface area contributed by atoms with Crippen LogP contribution in [0.4, 0.5) is 5.69 Å². The maximum Gasteiger partial charge on any atom is 0.267 e. The van der Waals surface area contributed by atoms with Crippen molar-refractivity contribution in [3.8, 4) is 0 Å². The fraction of sp³-hybridized carbons (Fsp3) is 0.154. The number of nitrogens with one attached hydrogen (secondary N) is 1. The lowest BCUT2D eigenvalue weighted by Gasteiger charge is -2.08. The molecule has 5 heteroatoms. The molecule has 0 saturated carbocycles. The van der Waals surface area contributed by atoms with E-state index >= 15 is 0 Å². The summed E-state index contributed by atoms with van der Waals surface area (Å²) in [5.74, 6) is -0.176. The molecule has 1 heterocycles. The Morgan fingerprint density at radius 1 is 1.33 bits per heavy atom. The molecule has 0 aliphatic heterocycles. The standard InChI is InChI=1S/C13H11BrClNOS/c1-7-4-3-5-9(10(7)14)16-13(17)12-11(15)8(2)6-18-12/h3-6H,1-2H3,(H,16,17). The molecule has 2 nitrogen and oxygen atoms in total. The topological polar surface area (TPSA) is 29.1 Å². The Morgan fingerprint density at radius 2 is 2.06 bits per heavy atom. The Morgan fingerprint density at radius 3 is 2.67 bits per heavy atom. The third-order valence-electron chi connectivity index (χ3n) is 2.55. The molecule has 0 unspecified atom stereocenters. The van der Waals surface area contributed by atoms with Gasteiger partial charge in [-0.05, 0) is 52.4 Å². The Labute approximate surface area is 123 Å². The highest BCUT2D eigenvalue weighted by Gasteiger charge is 2.15. The Bertz CT molecular complexity index is 609. The monoisotopic (exact) mass is 343 g/mol. The lowest BCUT2D eigenvalue weighted by Crippen LogP contribution is -2.11. The lowest BCUT2D eigenvalue weighted by molar-refractivity contribution is 0.103.